The lowest BCUT2D eigenvalue weighted by Crippen LogP contribution is -2.58. The number of primary amides is 1. The predicted octanol–water partition coefficient (Wildman–Crippen LogP) is -3.70. The average Bonchev–Trinajstić information content (AvgIpc) is 2.76. The summed E-state index contributed by atoms with van der Waals surface area (Å²) in [6, 6.07) is -5.40. The van der Waals surface area contributed by atoms with Gasteiger partial charge in [0.1, 0.15) is 18.1 Å². The Morgan fingerprint density at radius 3 is 1.81 bits per heavy atom. The minimum absolute atomic E-state index is 0.0700. The van der Waals surface area contributed by atoms with Gasteiger partial charge in [0.15, 0.2) is 5.96 Å². The van der Waals surface area contributed by atoms with Crippen molar-refractivity contribution in [2.24, 2.45) is 33.8 Å². The summed E-state index contributed by atoms with van der Waals surface area (Å²) in [6.45, 7) is 3.44. The largest absolute Gasteiger partial charge is 0.481 e. The number of carbonyl (C=O) groups is 6. The number of hydrogen-bond donors (Lipinski definition) is 9. The summed E-state index contributed by atoms with van der Waals surface area (Å²) in [5, 5.41) is 25.1. The van der Waals surface area contributed by atoms with Crippen molar-refractivity contribution >= 4 is 41.5 Å². The zero-order chi connectivity index (χ0) is 28.0. The minimum Gasteiger partial charge on any atom is -0.481 e. The van der Waals surface area contributed by atoms with E-state index in [1.807, 2.05) is 0 Å². The van der Waals surface area contributed by atoms with E-state index in [4.69, 9.17) is 28.0 Å². The fourth-order valence-corrected chi connectivity index (χ4v) is 2.82. The molecule has 4 atom stereocenters. The number of hydrogen-bond acceptors (Lipinski definition) is 8. The third kappa shape index (κ3) is 13.1. The van der Waals surface area contributed by atoms with Crippen LogP contribution < -0.4 is 38.9 Å². The molecule has 36 heavy (non-hydrogen) atoms. The molecule has 0 aliphatic rings. The molecular weight excluding hydrogens is 480 g/mol. The van der Waals surface area contributed by atoms with Crippen molar-refractivity contribution in [2.75, 3.05) is 6.54 Å². The first kappa shape index (κ1) is 32.0. The van der Waals surface area contributed by atoms with Crippen LogP contribution in [-0.4, -0.2) is 82.5 Å². The van der Waals surface area contributed by atoms with Gasteiger partial charge < -0.3 is 49.1 Å². The summed E-state index contributed by atoms with van der Waals surface area (Å²) in [5.41, 5.74) is 21.3. The number of carbonyl (C=O) groups excluding carboxylic acids is 4. The van der Waals surface area contributed by atoms with E-state index in [-0.39, 0.29) is 37.7 Å². The summed E-state index contributed by atoms with van der Waals surface area (Å²) in [5.74, 6) is -6.82. The van der Waals surface area contributed by atoms with Gasteiger partial charge in [-0.2, -0.15) is 0 Å². The second kappa shape index (κ2) is 15.9. The number of carboxylic acids is 2. The van der Waals surface area contributed by atoms with Gasteiger partial charge in [0.2, 0.25) is 23.6 Å². The molecule has 16 nitrogen and oxygen atoms in total. The van der Waals surface area contributed by atoms with Crippen molar-refractivity contribution in [1.82, 2.24) is 16.0 Å². The molecule has 0 saturated carbocycles. The Labute approximate surface area is 207 Å². The molecule has 0 aromatic rings. The van der Waals surface area contributed by atoms with Crippen LogP contribution >= 0.6 is 0 Å². The van der Waals surface area contributed by atoms with Gasteiger partial charge in [0.25, 0.3) is 0 Å². The maximum absolute atomic E-state index is 12.8. The van der Waals surface area contributed by atoms with Crippen molar-refractivity contribution in [3.63, 3.8) is 0 Å². The standard InChI is InChI=1S/C20H36N8O8/c1-9(2)15(22)18(34)26-10(5-6-14(30)31)16(32)28-12(8-13(21)29)17(33)27-11(19(35)36)4-3-7-25-20(23)24/h9-12,15H,3-8,22H2,1-2H3,(H2,21,29)(H,26,34)(H,27,33)(H,28,32)(H,30,31)(H,35,36)(H4,23,24,25). The molecule has 204 valence electrons. The maximum atomic E-state index is 12.8. The third-order valence-corrected chi connectivity index (χ3v) is 4.90. The number of carboxylic acid groups (broad SMARTS) is 2. The van der Waals surface area contributed by atoms with Gasteiger partial charge in [0, 0.05) is 13.0 Å². The smallest absolute Gasteiger partial charge is 0.326 e. The molecule has 0 heterocycles. The molecule has 16 heteroatoms. The summed E-state index contributed by atoms with van der Waals surface area (Å²) < 4.78 is 0. The van der Waals surface area contributed by atoms with Crippen molar-refractivity contribution in [1.29, 1.82) is 0 Å². The first-order valence-electron chi connectivity index (χ1n) is 11.1. The lowest BCUT2D eigenvalue weighted by Gasteiger charge is -2.25. The first-order valence-corrected chi connectivity index (χ1v) is 11.1. The molecule has 0 aliphatic carbocycles. The van der Waals surface area contributed by atoms with E-state index in [1.54, 1.807) is 13.8 Å². The SMILES string of the molecule is CC(C)C(N)C(=O)NC(CCC(=O)O)C(=O)NC(CC(N)=O)C(=O)NC(CCCN=C(N)N)C(=O)O. The molecule has 0 bridgehead atoms. The highest BCUT2D eigenvalue weighted by Gasteiger charge is 2.31. The molecule has 0 aromatic carbocycles. The normalized spacial score (nSPS) is 14.0. The molecular formula is C20H36N8O8. The molecule has 0 fully saturated rings. The van der Waals surface area contributed by atoms with Crippen molar-refractivity contribution in [3.05, 3.63) is 0 Å². The van der Waals surface area contributed by atoms with Gasteiger partial charge in [-0.1, -0.05) is 13.8 Å². The molecule has 0 spiro atoms. The quantitative estimate of drug-likeness (QED) is 0.0514. The maximum Gasteiger partial charge on any atom is 0.326 e. The highest BCUT2D eigenvalue weighted by molar-refractivity contribution is 5.96. The molecule has 0 rings (SSSR count). The van der Waals surface area contributed by atoms with Crippen LogP contribution in [0.2, 0.25) is 0 Å². The van der Waals surface area contributed by atoms with Crippen LogP contribution in [0, 0.1) is 5.92 Å². The van der Waals surface area contributed by atoms with Gasteiger partial charge in [-0.15, -0.1) is 0 Å². The lowest BCUT2D eigenvalue weighted by molar-refractivity contribution is -0.142. The number of guanidine groups is 1. The summed E-state index contributed by atoms with van der Waals surface area (Å²) >= 11 is 0. The van der Waals surface area contributed by atoms with Crippen molar-refractivity contribution < 1.29 is 39.0 Å². The molecule has 0 saturated heterocycles. The van der Waals surface area contributed by atoms with E-state index in [2.05, 4.69) is 20.9 Å². The van der Waals surface area contributed by atoms with Gasteiger partial charge >= 0.3 is 11.9 Å². The molecule has 0 aliphatic heterocycles. The van der Waals surface area contributed by atoms with Gasteiger partial charge in [0.05, 0.1) is 12.5 Å². The van der Waals surface area contributed by atoms with Gasteiger partial charge in [-0.05, 0) is 25.2 Å². The molecule has 0 radical (unpaired) electrons. The van der Waals surface area contributed by atoms with Crippen LogP contribution in [0.1, 0.15) is 46.0 Å². The number of aliphatic imine (C=N–C) groups is 1. The topological polar surface area (TPSA) is 295 Å². The number of rotatable bonds is 17. The van der Waals surface area contributed by atoms with Crippen LogP contribution in [-0.2, 0) is 28.8 Å². The third-order valence-electron chi connectivity index (χ3n) is 4.90. The van der Waals surface area contributed by atoms with Crippen molar-refractivity contribution in [2.45, 2.75) is 70.1 Å². The van der Waals surface area contributed by atoms with Crippen LogP contribution in [0.4, 0.5) is 0 Å². The Bertz CT molecular complexity index is 844. The molecule has 13 N–H and O–H groups in total. The number of nitrogens with zero attached hydrogens (tertiary/aromatic N) is 1. The van der Waals surface area contributed by atoms with Crippen LogP contribution in [0.25, 0.3) is 0 Å². The summed E-state index contributed by atoms with van der Waals surface area (Å²) in [7, 11) is 0. The Morgan fingerprint density at radius 1 is 0.806 bits per heavy atom. The Kier molecular flexibility index (Phi) is 14.1. The Balaban J connectivity index is 5.55. The number of amides is 4. The second-order valence-corrected chi connectivity index (χ2v) is 8.34. The van der Waals surface area contributed by atoms with Crippen LogP contribution in [0.3, 0.4) is 0 Å². The van der Waals surface area contributed by atoms with E-state index >= 15 is 0 Å². The summed E-state index contributed by atoms with van der Waals surface area (Å²) in [6.07, 6.45) is -1.41. The van der Waals surface area contributed by atoms with Crippen LogP contribution in [0.5, 0.6) is 0 Å². The highest BCUT2D eigenvalue weighted by Crippen LogP contribution is 2.05. The number of nitrogens with one attached hydrogen (secondary N) is 3. The molecule has 0 aromatic heterocycles. The minimum atomic E-state index is -1.60. The average molecular weight is 517 g/mol. The molecule has 4 unspecified atom stereocenters. The fraction of sp³-hybridized carbons (Fsp3) is 0.650. The zero-order valence-electron chi connectivity index (χ0n) is 20.2. The number of aliphatic carboxylic acids is 2. The zero-order valence-corrected chi connectivity index (χ0v) is 20.2. The first-order chi connectivity index (χ1) is 16.6. The van der Waals surface area contributed by atoms with E-state index in [1.165, 1.54) is 0 Å². The van der Waals surface area contributed by atoms with E-state index in [0.29, 0.717) is 0 Å². The Hall–Kier alpha value is -3.95. The van der Waals surface area contributed by atoms with Gasteiger partial charge in [-0.3, -0.25) is 29.0 Å². The predicted molar refractivity (Wildman–Crippen MR) is 127 cm³/mol. The second-order valence-electron chi connectivity index (χ2n) is 8.34. The van der Waals surface area contributed by atoms with Crippen molar-refractivity contribution in [3.8, 4) is 0 Å². The summed E-state index contributed by atoms with van der Waals surface area (Å²) in [4.78, 5) is 75.6. The molecule has 4 amide bonds. The van der Waals surface area contributed by atoms with Gasteiger partial charge in [-0.25, -0.2) is 4.79 Å². The van der Waals surface area contributed by atoms with Crippen LogP contribution in [0.15, 0.2) is 4.99 Å². The van der Waals surface area contributed by atoms with E-state index in [0.717, 1.165) is 0 Å². The highest BCUT2D eigenvalue weighted by atomic mass is 16.4. The monoisotopic (exact) mass is 516 g/mol. The van der Waals surface area contributed by atoms with E-state index in [9.17, 15) is 33.9 Å². The fourth-order valence-electron chi connectivity index (χ4n) is 2.82. The van der Waals surface area contributed by atoms with E-state index < -0.39 is 72.6 Å². The lowest BCUT2D eigenvalue weighted by atomic mass is 10.0. The number of nitrogens with two attached hydrogens (primary N) is 4. The Morgan fingerprint density at radius 2 is 1.33 bits per heavy atom.